The van der Waals surface area contributed by atoms with E-state index < -0.39 is 10.0 Å². The maximum absolute atomic E-state index is 12.5. The minimum Gasteiger partial charge on any atom is -0.398 e. The number of hydrogen-bond acceptors (Lipinski definition) is 4. The first-order valence-electron chi connectivity index (χ1n) is 6.51. The normalized spacial score (nSPS) is 22.2. The molecule has 0 saturated carbocycles. The molecule has 1 saturated heterocycles. The van der Waals surface area contributed by atoms with Gasteiger partial charge in [-0.15, -0.1) is 0 Å². The summed E-state index contributed by atoms with van der Waals surface area (Å²) >= 11 is 11.8. The van der Waals surface area contributed by atoms with Gasteiger partial charge in [0.1, 0.15) is 4.90 Å². The van der Waals surface area contributed by atoms with Crippen LogP contribution in [0.25, 0.3) is 0 Å². The number of nitrogen functional groups attached to an aromatic ring is 1. The van der Waals surface area contributed by atoms with Crippen LogP contribution in [0.1, 0.15) is 26.7 Å². The Hall–Kier alpha value is -0.530. The second kappa shape index (κ2) is 5.93. The Labute approximate surface area is 134 Å². The van der Waals surface area contributed by atoms with Crippen LogP contribution >= 0.6 is 23.2 Å². The van der Waals surface area contributed by atoms with Gasteiger partial charge in [-0.2, -0.15) is 0 Å². The number of nitrogens with two attached hydrogens (primary N) is 1. The Kier molecular flexibility index (Phi) is 4.75. The standard InChI is InChI=1S/C13H18Cl2N2O3S/c1-13(2)7-9(3-4-20-13)17-21(18,19)12-10(15)5-8(14)6-11(12)16/h5-6,9,17H,3-4,7,16H2,1-2H3. The maximum Gasteiger partial charge on any atom is 0.244 e. The molecule has 0 radical (unpaired) electrons. The Balaban J connectivity index is 2.27. The van der Waals surface area contributed by atoms with Crippen LogP contribution in [0.3, 0.4) is 0 Å². The lowest BCUT2D eigenvalue weighted by Crippen LogP contribution is -2.45. The predicted molar refractivity (Wildman–Crippen MR) is 84.2 cm³/mol. The largest absolute Gasteiger partial charge is 0.398 e. The van der Waals surface area contributed by atoms with E-state index in [1.165, 1.54) is 12.1 Å². The number of ether oxygens (including phenoxy) is 1. The zero-order chi connectivity index (χ0) is 15.8. The fraction of sp³-hybridized carbons (Fsp3) is 0.538. The fourth-order valence-electron chi connectivity index (χ4n) is 2.47. The zero-order valence-electron chi connectivity index (χ0n) is 11.8. The lowest BCUT2D eigenvalue weighted by molar-refractivity contribution is -0.0599. The lowest BCUT2D eigenvalue weighted by Gasteiger charge is -2.35. The van der Waals surface area contributed by atoms with Crippen LogP contribution in [0.4, 0.5) is 5.69 Å². The molecule has 1 aromatic rings. The zero-order valence-corrected chi connectivity index (χ0v) is 14.1. The average Bonchev–Trinajstić information content (AvgIpc) is 2.23. The number of rotatable bonds is 3. The van der Waals surface area contributed by atoms with E-state index in [1.54, 1.807) is 0 Å². The topological polar surface area (TPSA) is 81.4 Å². The third-order valence-corrected chi connectivity index (χ3v) is 5.59. The van der Waals surface area contributed by atoms with Crippen LogP contribution < -0.4 is 10.5 Å². The molecular weight excluding hydrogens is 335 g/mol. The highest BCUT2D eigenvalue weighted by Gasteiger charge is 2.33. The van der Waals surface area contributed by atoms with Crippen molar-refractivity contribution in [2.45, 2.75) is 43.2 Å². The lowest BCUT2D eigenvalue weighted by atomic mass is 9.95. The van der Waals surface area contributed by atoms with E-state index in [0.29, 0.717) is 24.5 Å². The molecule has 1 aliphatic heterocycles. The van der Waals surface area contributed by atoms with Crippen molar-refractivity contribution < 1.29 is 13.2 Å². The molecule has 0 spiro atoms. The average molecular weight is 353 g/mol. The van der Waals surface area contributed by atoms with Crippen LogP contribution in [0.2, 0.25) is 10.0 Å². The van der Waals surface area contributed by atoms with Crippen molar-refractivity contribution in [3.8, 4) is 0 Å². The number of anilines is 1. The number of hydrogen-bond donors (Lipinski definition) is 2. The molecule has 1 atom stereocenters. The molecule has 1 heterocycles. The Morgan fingerprint density at radius 3 is 2.62 bits per heavy atom. The minimum absolute atomic E-state index is 0.0128. The quantitative estimate of drug-likeness (QED) is 0.819. The van der Waals surface area contributed by atoms with Gasteiger partial charge in [-0.3, -0.25) is 0 Å². The van der Waals surface area contributed by atoms with E-state index in [1.807, 2.05) is 13.8 Å². The van der Waals surface area contributed by atoms with Gasteiger partial charge in [0.25, 0.3) is 0 Å². The van der Waals surface area contributed by atoms with Crippen molar-refractivity contribution in [1.29, 1.82) is 0 Å². The van der Waals surface area contributed by atoms with Crippen LogP contribution in [0.15, 0.2) is 17.0 Å². The molecular formula is C13H18Cl2N2O3S. The number of halogens is 2. The first kappa shape index (κ1) is 16.8. The van der Waals surface area contributed by atoms with Crippen molar-refractivity contribution >= 4 is 38.9 Å². The first-order chi connectivity index (χ1) is 9.61. The maximum atomic E-state index is 12.5. The van der Waals surface area contributed by atoms with Crippen molar-refractivity contribution in [2.24, 2.45) is 0 Å². The van der Waals surface area contributed by atoms with Crippen molar-refractivity contribution in [3.63, 3.8) is 0 Å². The van der Waals surface area contributed by atoms with Gasteiger partial charge in [-0.25, -0.2) is 13.1 Å². The number of benzene rings is 1. The van der Waals surface area contributed by atoms with Crippen molar-refractivity contribution in [2.75, 3.05) is 12.3 Å². The van der Waals surface area contributed by atoms with Gasteiger partial charge in [0.05, 0.1) is 16.3 Å². The van der Waals surface area contributed by atoms with Crippen LogP contribution in [-0.4, -0.2) is 26.7 Å². The molecule has 3 N–H and O–H groups in total. The van der Waals surface area contributed by atoms with Gasteiger partial charge in [-0.1, -0.05) is 23.2 Å². The molecule has 2 rings (SSSR count). The van der Waals surface area contributed by atoms with Crippen LogP contribution in [0.5, 0.6) is 0 Å². The summed E-state index contributed by atoms with van der Waals surface area (Å²) in [6, 6.07) is 2.52. The minimum atomic E-state index is -3.81. The first-order valence-corrected chi connectivity index (χ1v) is 8.75. The smallest absolute Gasteiger partial charge is 0.244 e. The van der Waals surface area contributed by atoms with E-state index in [9.17, 15) is 8.42 Å². The summed E-state index contributed by atoms with van der Waals surface area (Å²) in [4.78, 5) is -0.127. The van der Waals surface area contributed by atoms with E-state index in [4.69, 9.17) is 33.7 Å². The second-order valence-electron chi connectivity index (χ2n) is 5.73. The summed E-state index contributed by atoms with van der Waals surface area (Å²) in [6.45, 7) is 4.36. The molecule has 1 fully saturated rings. The van der Waals surface area contributed by atoms with E-state index in [2.05, 4.69) is 4.72 Å². The summed E-state index contributed by atoms with van der Waals surface area (Å²) < 4.78 is 33.2. The molecule has 1 aromatic carbocycles. The molecule has 1 unspecified atom stereocenters. The summed E-state index contributed by atoms with van der Waals surface area (Å²) in [7, 11) is -3.81. The molecule has 0 amide bonds. The summed E-state index contributed by atoms with van der Waals surface area (Å²) in [6.07, 6.45) is 1.19. The molecule has 0 aromatic heterocycles. The van der Waals surface area contributed by atoms with Gasteiger partial charge < -0.3 is 10.5 Å². The van der Waals surface area contributed by atoms with Crippen LogP contribution in [0, 0.1) is 0 Å². The van der Waals surface area contributed by atoms with Gasteiger partial charge in [0.15, 0.2) is 0 Å². The molecule has 5 nitrogen and oxygen atoms in total. The van der Waals surface area contributed by atoms with E-state index in [-0.39, 0.29) is 27.2 Å². The third kappa shape index (κ3) is 4.02. The van der Waals surface area contributed by atoms with Gasteiger partial charge in [0, 0.05) is 17.7 Å². The molecule has 0 bridgehead atoms. The van der Waals surface area contributed by atoms with Gasteiger partial charge >= 0.3 is 0 Å². The summed E-state index contributed by atoms with van der Waals surface area (Å²) in [5.41, 5.74) is 5.43. The highest BCUT2D eigenvalue weighted by molar-refractivity contribution is 7.89. The highest BCUT2D eigenvalue weighted by Crippen LogP contribution is 2.32. The molecule has 8 heteroatoms. The Morgan fingerprint density at radius 2 is 2.05 bits per heavy atom. The fourth-order valence-corrected chi connectivity index (χ4v) is 4.73. The second-order valence-corrected chi connectivity index (χ2v) is 8.22. The van der Waals surface area contributed by atoms with E-state index in [0.717, 1.165) is 0 Å². The van der Waals surface area contributed by atoms with E-state index >= 15 is 0 Å². The Morgan fingerprint density at radius 1 is 1.38 bits per heavy atom. The van der Waals surface area contributed by atoms with Crippen LogP contribution in [-0.2, 0) is 14.8 Å². The molecule has 0 aliphatic carbocycles. The third-order valence-electron chi connectivity index (χ3n) is 3.32. The Bertz CT molecular complexity index is 624. The summed E-state index contributed by atoms with van der Waals surface area (Å²) in [5.74, 6) is 0. The monoisotopic (exact) mass is 352 g/mol. The van der Waals surface area contributed by atoms with Crippen molar-refractivity contribution in [3.05, 3.63) is 22.2 Å². The SMILES string of the molecule is CC1(C)CC(NS(=O)(=O)c2c(N)cc(Cl)cc2Cl)CCO1. The molecule has 118 valence electrons. The predicted octanol–water partition coefficient (Wildman–Crippen LogP) is 2.81. The van der Waals surface area contributed by atoms with Gasteiger partial charge in [-0.05, 0) is 38.8 Å². The van der Waals surface area contributed by atoms with Crippen molar-refractivity contribution in [1.82, 2.24) is 4.72 Å². The number of nitrogens with one attached hydrogen (secondary N) is 1. The summed E-state index contributed by atoms with van der Waals surface area (Å²) in [5, 5.41) is 0.308. The molecule has 21 heavy (non-hydrogen) atoms. The van der Waals surface area contributed by atoms with Gasteiger partial charge in [0.2, 0.25) is 10.0 Å². The molecule has 1 aliphatic rings. The number of sulfonamides is 1. The highest BCUT2D eigenvalue weighted by atomic mass is 35.5.